The van der Waals surface area contributed by atoms with Crippen LogP contribution in [0.15, 0.2) is 47.7 Å². The SMILES string of the molecule is C=C(F)CCC(=O)N(CCCCCc1noc(C(C)(C)C)n1)c1cc(-c2ncc(OCC)cn2)ccn1. The quantitative estimate of drug-likeness (QED) is 0.272. The zero-order valence-electron chi connectivity index (χ0n) is 22.0. The van der Waals surface area contributed by atoms with Crippen LogP contribution in [0.3, 0.4) is 0 Å². The van der Waals surface area contributed by atoms with E-state index in [1.165, 1.54) is 0 Å². The molecule has 3 aromatic rings. The van der Waals surface area contributed by atoms with Crippen LogP contribution < -0.4 is 9.64 Å². The van der Waals surface area contributed by atoms with Gasteiger partial charge in [0.15, 0.2) is 17.4 Å². The molecular weight excluding hydrogens is 475 g/mol. The molecule has 0 radical (unpaired) electrons. The summed E-state index contributed by atoms with van der Waals surface area (Å²) in [4.78, 5) is 32.2. The molecule has 3 heterocycles. The van der Waals surface area contributed by atoms with Gasteiger partial charge in [-0.1, -0.05) is 38.9 Å². The highest BCUT2D eigenvalue weighted by molar-refractivity contribution is 5.93. The van der Waals surface area contributed by atoms with Gasteiger partial charge in [0.05, 0.1) is 24.8 Å². The van der Waals surface area contributed by atoms with Crippen LogP contribution in [0.25, 0.3) is 11.4 Å². The number of pyridine rings is 1. The number of rotatable bonds is 13. The number of hydrogen-bond acceptors (Lipinski definition) is 8. The van der Waals surface area contributed by atoms with Crippen molar-refractivity contribution in [1.82, 2.24) is 25.1 Å². The van der Waals surface area contributed by atoms with E-state index in [-0.39, 0.29) is 24.2 Å². The minimum Gasteiger partial charge on any atom is -0.491 e. The van der Waals surface area contributed by atoms with Crippen LogP contribution in [0.5, 0.6) is 5.75 Å². The second-order valence-corrected chi connectivity index (χ2v) is 9.72. The van der Waals surface area contributed by atoms with E-state index < -0.39 is 5.83 Å². The predicted molar refractivity (Wildman–Crippen MR) is 139 cm³/mol. The van der Waals surface area contributed by atoms with Crippen LogP contribution in [-0.2, 0) is 16.6 Å². The van der Waals surface area contributed by atoms with E-state index in [0.717, 1.165) is 19.3 Å². The summed E-state index contributed by atoms with van der Waals surface area (Å²) in [6, 6.07) is 3.55. The number of allylic oxidation sites excluding steroid dienone is 1. The van der Waals surface area contributed by atoms with Crippen LogP contribution in [-0.4, -0.2) is 44.2 Å². The van der Waals surface area contributed by atoms with Crippen LogP contribution in [0.1, 0.15) is 71.5 Å². The van der Waals surface area contributed by atoms with Crippen molar-refractivity contribution in [2.24, 2.45) is 0 Å². The molecule has 0 aliphatic rings. The smallest absolute Gasteiger partial charge is 0.232 e. The molecule has 3 rings (SSSR count). The van der Waals surface area contributed by atoms with Gasteiger partial charge in [-0.25, -0.2) is 19.3 Å². The van der Waals surface area contributed by atoms with Crippen molar-refractivity contribution in [2.75, 3.05) is 18.1 Å². The number of unbranched alkanes of at least 4 members (excludes halogenated alkanes) is 2. The van der Waals surface area contributed by atoms with Crippen molar-refractivity contribution < 1.29 is 18.4 Å². The normalized spacial score (nSPS) is 11.4. The first-order chi connectivity index (χ1) is 17.7. The number of hydrogen-bond donors (Lipinski definition) is 0. The molecule has 37 heavy (non-hydrogen) atoms. The number of carbonyl (C=O) groups excluding carboxylic acids is 1. The Kier molecular flexibility index (Phi) is 9.82. The molecule has 0 saturated heterocycles. The topological polar surface area (TPSA) is 107 Å². The van der Waals surface area contributed by atoms with Crippen LogP contribution >= 0.6 is 0 Å². The lowest BCUT2D eigenvalue weighted by Crippen LogP contribution is -2.32. The van der Waals surface area contributed by atoms with Crippen molar-refractivity contribution in [1.29, 1.82) is 0 Å². The van der Waals surface area contributed by atoms with Gasteiger partial charge in [0.2, 0.25) is 11.8 Å². The molecule has 0 N–H and O–H groups in total. The van der Waals surface area contributed by atoms with Gasteiger partial charge in [-0.15, -0.1) is 0 Å². The third-order valence-corrected chi connectivity index (χ3v) is 5.52. The molecular formula is C27H35FN6O3. The van der Waals surface area contributed by atoms with E-state index in [2.05, 4.69) is 31.7 Å². The van der Waals surface area contributed by atoms with E-state index in [4.69, 9.17) is 9.26 Å². The third-order valence-electron chi connectivity index (χ3n) is 5.52. The Morgan fingerprint density at radius 3 is 2.54 bits per heavy atom. The Balaban J connectivity index is 1.65. The fourth-order valence-electron chi connectivity index (χ4n) is 3.55. The van der Waals surface area contributed by atoms with E-state index in [0.29, 0.717) is 54.2 Å². The maximum Gasteiger partial charge on any atom is 0.232 e. The first-order valence-electron chi connectivity index (χ1n) is 12.6. The summed E-state index contributed by atoms with van der Waals surface area (Å²) in [5.41, 5.74) is 0.530. The lowest BCUT2D eigenvalue weighted by atomic mass is 9.97. The number of anilines is 1. The zero-order chi connectivity index (χ0) is 26.8. The summed E-state index contributed by atoms with van der Waals surface area (Å²) in [7, 11) is 0. The van der Waals surface area contributed by atoms with E-state index >= 15 is 0 Å². The monoisotopic (exact) mass is 510 g/mol. The largest absolute Gasteiger partial charge is 0.491 e. The molecule has 0 spiro atoms. The summed E-state index contributed by atoms with van der Waals surface area (Å²) in [5.74, 6) is 2.11. The van der Waals surface area contributed by atoms with Crippen LogP contribution in [0.2, 0.25) is 0 Å². The third kappa shape index (κ3) is 8.44. The first-order valence-corrected chi connectivity index (χ1v) is 12.6. The molecule has 0 bridgehead atoms. The lowest BCUT2D eigenvalue weighted by molar-refractivity contribution is -0.118. The summed E-state index contributed by atoms with van der Waals surface area (Å²) in [6.07, 6.45) is 7.94. The first kappa shape index (κ1) is 27.9. The van der Waals surface area contributed by atoms with Gasteiger partial charge in [-0.2, -0.15) is 4.98 Å². The minimum atomic E-state index is -0.521. The zero-order valence-corrected chi connectivity index (χ0v) is 22.0. The lowest BCUT2D eigenvalue weighted by Gasteiger charge is -2.22. The Labute approximate surface area is 217 Å². The van der Waals surface area contributed by atoms with E-state index in [9.17, 15) is 9.18 Å². The molecule has 10 heteroatoms. The molecule has 198 valence electrons. The summed E-state index contributed by atoms with van der Waals surface area (Å²) >= 11 is 0. The Morgan fingerprint density at radius 1 is 1.14 bits per heavy atom. The molecule has 0 aliphatic heterocycles. The molecule has 0 atom stereocenters. The maximum atomic E-state index is 13.3. The fourth-order valence-corrected chi connectivity index (χ4v) is 3.55. The van der Waals surface area contributed by atoms with Gasteiger partial charge in [0, 0.05) is 43.0 Å². The highest BCUT2D eigenvalue weighted by atomic mass is 19.1. The Bertz CT molecular complexity index is 1170. The van der Waals surface area contributed by atoms with E-state index in [1.54, 1.807) is 35.6 Å². The van der Waals surface area contributed by atoms with Gasteiger partial charge >= 0.3 is 0 Å². The minimum absolute atomic E-state index is 0.0131. The average Bonchev–Trinajstić information content (AvgIpc) is 3.35. The molecule has 0 saturated carbocycles. The molecule has 1 amide bonds. The second kappa shape index (κ2) is 13.0. The number of nitrogens with zero attached hydrogens (tertiary/aromatic N) is 6. The van der Waals surface area contributed by atoms with Gasteiger partial charge in [0.1, 0.15) is 5.82 Å². The molecule has 3 aromatic heterocycles. The van der Waals surface area contributed by atoms with Crippen molar-refractivity contribution in [3.63, 3.8) is 0 Å². The second-order valence-electron chi connectivity index (χ2n) is 9.72. The molecule has 0 unspecified atom stereocenters. The van der Waals surface area contributed by atoms with Gasteiger partial charge in [0.25, 0.3) is 0 Å². The van der Waals surface area contributed by atoms with Crippen molar-refractivity contribution in [3.8, 4) is 17.1 Å². The van der Waals surface area contributed by atoms with Crippen molar-refractivity contribution in [3.05, 3.63) is 54.8 Å². The average molecular weight is 511 g/mol. The molecule has 0 fully saturated rings. The molecule has 9 nitrogen and oxygen atoms in total. The van der Waals surface area contributed by atoms with Gasteiger partial charge < -0.3 is 9.26 Å². The molecule has 0 aliphatic carbocycles. The standard InChI is InChI=1S/C27H35FN6O3/c1-6-36-21-17-30-25(31-18-21)20-13-14-29-23(16-20)34(24(35)12-11-19(2)28)15-9-7-8-10-22-32-26(37-33-22)27(3,4)5/h13-14,16-18H,2,6-12,15H2,1,3-5H3. The Morgan fingerprint density at radius 2 is 1.89 bits per heavy atom. The number of aryl methyl sites for hydroxylation is 1. The van der Waals surface area contributed by atoms with Gasteiger partial charge in [-0.05, 0) is 31.9 Å². The number of halogens is 1. The number of amides is 1. The highest BCUT2D eigenvalue weighted by Crippen LogP contribution is 2.23. The predicted octanol–water partition coefficient (Wildman–Crippen LogP) is 5.63. The summed E-state index contributed by atoms with van der Waals surface area (Å²) in [6.45, 7) is 12.2. The van der Waals surface area contributed by atoms with Gasteiger partial charge in [-0.3, -0.25) is 9.69 Å². The van der Waals surface area contributed by atoms with Crippen molar-refractivity contribution in [2.45, 2.75) is 71.6 Å². The maximum absolute atomic E-state index is 13.3. The summed E-state index contributed by atoms with van der Waals surface area (Å²) < 4.78 is 24.0. The number of aromatic nitrogens is 5. The Hall–Kier alpha value is -3.69. The molecule has 0 aromatic carbocycles. The van der Waals surface area contributed by atoms with E-state index in [1.807, 2.05) is 27.7 Å². The fraction of sp³-hybridized carbons (Fsp3) is 0.481. The summed E-state index contributed by atoms with van der Waals surface area (Å²) in [5, 5.41) is 4.06. The number of carbonyl (C=O) groups is 1. The number of ether oxygens (including phenoxy) is 1. The van der Waals surface area contributed by atoms with Crippen LogP contribution in [0, 0.1) is 0 Å². The van der Waals surface area contributed by atoms with Crippen molar-refractivity contribution >= 4 is 11.7 Å². The van der Waals surface area contributed by atoms with Crippen LogP contribution in [0.4, 0.5) is 10.2 Å². The highest BCUT2D eigenvalue weighted by Gasteiger charge is 2.22.